The number of hydrogen-bond acceptors (Lipinski definition) is 7. The smallest absolute Gasteiger partial charge is 0.431 e. The largest absolute Gasteiger partial charge is 0.508 e. The maximum Gasteiger partial charge on any atom is 0.508 e. The van der Waals surface area contributed by atoms with Gasteiger partial charge in [-0.25, -0.2) is 4.79 Å². The summed E-state index contributed by atoms with van der Waals surface area (Å²) in [4.78, 5) is 38.9. The van der Waals surface area contributed by atoms with Gasteiger partial charge in [-0.15, -0.1) is 0 Å². The first-order chi connectivity index (χ1) is 23.8. The molecular weight excluding hydrogens is 640 g/mol. The maximum atomic E-state index is 13.7. The molecule has 0 aromatic carbocycles. The standard InChI is InChI=1S/C44H60O7/c1-27-21-31(46)24-40(3,4)34(27)11-9-10-12-35-28(2)22-32(25-41(35,5)6)51-39(48)50-26-38(47)44(49)20-17-37-33-14-13-29-23-30(45)15-18-42(29,7)36(33)16-19-43(37,44)8/h9-12,16,23,31-33,37,46,49H,13-15,17-22,24-26H2,1-8H3/t31-,32-,33?,37?,42+,43+,44+/m1/s1. The zero-order chi connectivity index (χ0) is 37.1. The van der Waals surface area contributed by atoms with Gasteiger partial charge in [0.15, 0.2) is 12.4 Å². The highest BCUT2D eigenvalue weighted by Gasteiger charge is 2.64. The minimum Gasteiger partial charge on any atom is -0.431 e. The number of ketones is 2. The molecule has 2 fully saturated rings. The third-order valence-corrected chi connectivity index (χ3v) is 14.1. The number of fused-ring (bicyclic) bond motifs is 5. The van der Waals surface area contributed by atoms with E-state index >= 15 is 0 Å². The summed E-state index contributed by atoms with van der Waals surface area (Å²) < 4.78 is 11.2. The fraction of sp³-hybridized carbons (Fsp3) is 0.659. The van der Waals surface area contributed by atoms with E-state index < -0.39 is 29.6 Å². The van der Waals surface area contributed by atoms with Gasteiger partial charge >= 0.3 is 6.16 Å². The molecule has 6 aliphatic carbocycles. The molecule has 0 bridgehead atoms. The van der Waals surface area contributed by atoms with Crippen molar-refractivity contribution in [2.45, 2.75) is 144 Å². The summed E-state index contributed by atoms with van der Waals surface area (Å²) in [5.41, 5.74) is 4.85. The summed E-state index contributed by atoms with van der Waals surface area (Å²) >= 11 is 0. The molecule has 0 heterocycles. The van der Waals surface area contributed by atoms with Crippen LogP contribution in [-0.2, 0) is 19.1 Å². The van der Waals surface area contributed by atoms with Crippen LogP contribution in [0.3, 0.4) is 0 Å². The molecule has 2 saturated carbocycles. The molecular formula is C44H60O7. The predicted octanol–water partition coefficient (Wildman–Crippen LogP) is 9.01. The molecule has 7 nitrogen and oxygen atoms in total. The van der Waals surface area contributed by atoms with E-state index in [1.165, 1.54) is 27.9 Å². The van der Waals surface area contributed by atoms with Crippen LogP contribution in [0.1, 0.15) is 126 Å². The average molecular weight is 701 g/mol. The van der Waals surface area contributed by atoms with E-state index in [0.717, 1.165) is 37.7 Å². The van der Waals surface area contributed by atoms with E-state index in [1.54, 1.807) is 0 Å². The van der Waals surface area contributed by atoms with Crippen LogP contribution in [-0.4, -0.2) is 52.4 Å². The van der Waals surface area contributed by atoms with Gasteiger partial charge in [-0.05, 0) is 112 Å². The van der Waals surface area contributed by atoms with E-state index in [4.69, 9.17) is 9.47 Å². The van der Waals surface area contributed by atoms with Crippen molar-refractivity contribution in [2.24, 2.45) is 33.5 Å². The Labute approximate surface area is 305 Å². The Morgan fingerprint density at radius 2 is 1.55 bits per heavy atom. The molecule has 6 aliphatic rings. The fourth-order valence-corrected chi connectivity index (χ4v) is 11.5. The second-order valence-electron chi connectivity index (χ2n) is 18.4. The Morgan fingerprint density at radius 1 is 0.902 bits per heavy atom. The highest BCUT2D eigenvalue weighted by molar-refractivity contribution is 5.92. The number of hydrogen-bond donors (Lipinski definition) is 2. The average Bonchev–Trinajstić information content (AvgIpc) is 3.31. The van der Waals surface area contributed by atoms with Gasteiger partial charge in [-0.3, -0.25) is 9.59 Å². The van der Waals surface area contributed by atoms with Crippen LogP contribution in [0.15, 0.2) is 69.9 Å². The van der Waals surface area contributed by atoms with Crippen LogP contribution in [0, 0.1) is 33.5 Å². The Morgan fingerprint density at radius 3 is 2.20 bits per heavy atom. The lowest BCUT2D eigenvalue weighted by molar-refractivity contribution is -0.156. The van der Waals surface area contributed by atoms with Crippen LogP contribution >= 0.6 is 0 Å². The molecule has 51 heavy (non-hydrogen) atoms. The summed E-state index contributed by atoms with van der Waals surface area (Å²) in [5, 5.41) is 22.2. The van der Waals surface area contributed by atoms with Gasteiger partial charge in [0.2, 0.25) is 5.78 Å². The van der Waals surface area contributed by atoms with Gasteiger partial charge in [0, 0.05) is 23.7 Å². The predicted molar refractivity (Wildman–Crippen MR) is 199 cm³/mol. The lowest BCUT2D eigenvalue weighted by atomic mass is 9.50. The molecule has 0 aromatic rings. The van der Waals surface area contributed by atoms with Crippen LogP contribution in [0.5, 0.6) is 0 Å². The van der Waals surface area contributed by atoms with E-state index in [-0.39, 0.29) is 46.1 Å². The number of carbonyl (C=O) groups excluding carboxylic acids is 3. The quantitative estimate of drug-likeness (QED) is 0.155. The van der Waals surface area contributed by atoms with Crippen molar-refractivity contribution < 1.29 is 34.1 Å². The number of allylic oxidation sites excluding steroid dienone is 10. The highest BCUT2D eigenvalue weighted by atomic mass is 16.7. The molecule has 0 radical (unpaired) electrons. The summed E-state index contributed by atoms with van der Waals surface area (Å²) in [6.45, 7) is 16.6. The summed E-state index contributed by atoms with van der Waals surface area (Å²) in [7, 11) is 0. The van der Waals surface area contributed by atoms with Crippen molar-refractivity contribution >= 4 is 17.7 Å². The van der Waals surface area contributed by atoms with Crippen LogP contribution in [0.4, 0.5) is 4.79 Å². The molecule has 0 amide bonds. The molecule has 6 rings (SSSR count). The van der Waals surface area contributed by atoms with E-state index in [9.17, 15) is 24.6 Å². The molecule has 0 aliphatic heterocycles. The molecule has 2 N–H and O–H groups in total. The Kier molecular flexibility index (Phi) is 9.93. The lowest BCUT2D eigenvalue weighted by Crippen LogP contribution is -2.55. The topological polar surface area (TPSA) is 110 Å². The van der Waals surface area contributed by atoms with Gasteiger partial charge < -0.3 is 19.7 Å². The SMILES string of the molecule is CC1=C(C=CC=CC2=C(C)C[C@@H](OC(=O)OCC(=O)[C@@]3(O)CCC4C5CCC6=CC(=O)CC[C@]6(C)C5=CC[C@@]43C)CC2(C)C)C(C)(C)C[C@H](O)C1. The maximum absolute atomic E-state index is 13.7. The Hall–Kier alpha value is -3.03. The van der Waals surface area contributed by atoms with Crippen molar-refractivity contribution in [1.29, 1.82) is 0 Å². The van der Waals surface area contributed by atoms with E-state index in [2.05, 4.69) is 78.8 Å². The molecule has 0 spiro atoms. The third-order valence-electron chi connectivity index (χ3n) is 14.1. The van der Waals surface area contributed by atoms with E-state index in [0.29, 0.717) is 38.5 Å². The van der Waals surface area contributed by atoms with Crippen LogP contribution < -0.4 is 0 Å². The second-order valence-corrected chi connectivity index (χ2v) is 18.4. The molecule has 0 saturated heterocycles. The molecule has 0 aromatic heterocycles. The number of carbonyl (C=O) groups is 3. The van der Waals surface area contributed by atoms with Crippen molar-refractivity contribution in [3.63, 3.8) is 0 Å². The fourth-order valence-electron chi connectivity index (χ4n) is 11.5. The van der Waals surface area contributed by atoms with E-state index in [1.807, 2.05) is 13.0 Å². The zero-order valence-corrected chi connectivity index (χ0v) is 32.2. The van der Waals surface area contributed by atoms with Gasteiger partial charge in [0.1, 0.15) is 11.7 Å². The highest BCUT2D eigenvalue weighted by Crippen LogP contribution is 2.65. The molecule has 7 atom stereocenters. The third kappa shape index (κ3) is 6.71. The van der Waals surface area contributed by atoms with Crippen molar-refractivity contribution in [2.75, 3.05) is 6.61 Å². The molecule has 7 heteroatoms. The van der Waals surface area contributed by atoms with Gasteiger partial charge in [0.05, 0.1) is 6.10 Å². The van der Waals surface area contributed by atoms with Crippen LogP contribution in [0.2, 0.25) is 0 Å². The Bertz CT molecular complexity index is 1660. The van der Waals surface area contributed by atoms with Crippen molar-refractivity contribution in [1.82, 2.24) is 0 Å². The second kappa shape index (κ2) is 13.4. The Balaban J connectivity index is 1.06. The number of aliphatic hydroxyl groups is 2. The van der Waals surface area contributed by atoms with Crippen molar-refractivity contribution in [3.8, 4) is 0 Å². The monoisotopic (exact) mass is 700 g/mol. The summed E-state index contributed by atoms with van der Waals surface area (Å²) in [5.74, 6) is 0.194. The normalized spacial score (nSPS) is 37.5. The first-order valence-electron chi connectivity index (χ1n) is 19.3. The zero-order valence-electron chi connectivity index (χ0n) is 32.2. The van der Waals surface area contributed by atoms with Gasteiger partial charge in [-0.2, -0.15) is 0 Å². The van der Waals surface area contributed by atoms with Gasteiger partial charge in [0.25, 0.3) is 0 Å². The molecule has 278 valence electrons. The number of aliphatic hydroxyl groups excluding tert-OH is 1. The first kappa shape index (κ1) is 37.7. The van der Waals surface area contributed by atoms with Crippen LogP contribution in [0.25, 0.3) is 0 Å². The van der Waals surface area contributed by atoms with Gasteiger partial charge in [-0.1, -0.05) is 94.2 Å². The summed E-state index contributed by atoms with van der Waals surface area (Å²) in [6.07, 6.45) is 18.6. The lowest BCUT2D eigenvalue weighted by Gasteiger charge is -2.54. The minimum absolute atomic E-state index is 0.0725. The number of Topliss-reactive ketones (excluding diaryl/α,β-unsaturated/α-hetero) is 1. The summed E-state index contributed by atoms with van der Waals surface area (Å²) in [6, 6.07) is 0. The molecule has 2 unspecified atom stereocenters. The van der Waals surface area contributed by atoms with Crippen molar-refractivity contribution in [3.05, 3.63) is 69.9 Å². The number of rotatable bonds is 7. The minimum atomic E-state index is -1.58. The first-order valence-corrected chi connectivity index (χ1v) is 19.3. The number of ether oxygens (including phenoxy) is 2.